The van der Waals surface area contributed by atoms with E-state index in [9.17, 15) is 9.59 Å². The van der Waals surface area contributed by atoms with Gasteiger partial charge in [0.25, 0.3) is 0 Å². The number of hydrogen-bond acceptors (Lipinski definition) is 4. The van der Waals surface area contributed by atoms with Gasteiger partial charge in [-0.05, 0) is 18.1 Å². The van der Waals surface area contributed by atoms with Crippen LogP contribution in [0.5, 0.6) is 0 Å². The van der Waals surface area contributed by atoms with E-state index in [1.807, 2.05) is 13.0 Å². The number of aromatic nitrogens is 3. The van der Waals surface area contributed by atoms with Crippen molar-refractivity contribution in [2.75, 3.05) is 19.6 Å². The highest BCUT2D eigenvalue weighted by atomic mass is 16.4. The third-order valence-electron chi connectivity index (χ3n) is 4.12. The zero-order valence-electron chi connectivity index (χ0n) is 11.8. The number of carbonyl (C=O) groups is 1. The number of hydrogen-bond donors (Lipinski definition) is 1. The van der Waals surface area contributed by atoms with Crippen molar-refractivity contribution in [1.29, 1.82) is 0 Å². The molecule has 1 N–H and O–H groups in total. The number of nitrogens with zero attached hydrogens (tertiary/aromatic N) is 4. The number of pyridine rings is 1. The molecule has 21 heavy (non-hydrogen) atoms. The van der Waals surface area contributed by atoms with E-state index in [0.717, 1.165) is 6.54 Å². The lowest BCUT2D eigenvalue weighted by Gasteiger charge is -2.14. The second-order valence-corrected chi connectivity index (χ2v) is 5.62. The molecule has 0 aromatic carbocycles. The monoisotopic (exact) mass is 290 g/mol. The largest absolute Gasteiger partial charge is 0.481 e. The fourth-order valence-electron chi connectivity index (χ4n) is 2.92. The lowest BCUT2D eigenvalue weighted by Crippen LogP contribution is -2.30. The topological polar surface area (TPSA) is 79.8 Å². The van der Waals surface area contributed by atoms with Gasteiger partial charge in [0, 0.05) is 25.8 Å². The van der Waals surface area contributed by atoms with E-state index in [0.29, 0.717) is 25.3 Å². The van der Waals surface area contributed by atoms with E-state index < -0.39 is 5.97 Å². The van der Waals surface area contributed by atoms with Crippen molar-refractivity contribution in [3.8, 4) is 0 Å². The Morgan fingerprint density at radius 3 is 2.86 bits per heavy atom. The molecule has 2 aromatic rings. The van der Waals surface area contributed by atoms with E-state index in [2.05, 4.69) is 10.00 Å². The molecule has 0 spiro atoms. The molecule has 7 nitrogen and oxygen atoms in total. The Hall–Kier alpha value is -2.15. The molecule has 0 saturated carbocycles. The minimum atomic E-state index is -0.741. The van der Waals surface area contributed by atoms with Crippen LogP contribution in [0.15, 0.2) is 29.2 Å². The summed E-state index contributed by atoms with van der Waals surface area (Å²) < 4.78 is 2.95. The number of rotatable bonds is 4. The molecule has 7 heteroatoms. The predicted octanol–water partition coefficient (Wildman–Crippen LogP) is 0.149. The summed E-state index contributed by atoms with van der Waals surface area (Å²) >= 11 is 0. The van der Waals surface area contributed by atoms with Crippen molar-refractivity contribution in [3.05, 3.63) is 34.9 Å². The van der Waals surface area contributed by atoms with Crippen LogP contribution < -0.4 is 5.69 Å². The maximum absolute atomic E-state index is 12.1. The van der Waals surface area contributed by atoms with Gasteiger partial charge in [0.2, 0.25) is 0 Å². The van der Waals surface area contributed by atoms with Crippen molar-refractivity contribution >= 4 is 11.6 Å². The fourth-order valence-corrected chi connectivity index (χ4v) is 2.92. The SMILES string of the molecule is C[C@@H]1CN(CCn2nc3ccccn3c2=O)C[C@H]1C(=O)O. The van der Waals surface area contributed by atoms with Crippen LogP contribution in [0, 0.1) is 11.8 Å². The van der Waals surface area contributed by atoms with Gasteiger partial charge in [-0.1, -0.05) is 13.0 Å². The number of carboxylic acids is 1. The number of carboxylic acid groups (broad SMARTS) is 1. The van der Waals surface area contributed by atoms with Gasteiger partial charge < -0.3 is 10.0 Å². The molecule has 1 fully saturated rings. The normalized spacial score (nSPS) is 22.9. The molecule has 0 unspecified atom stereocenters. The predicted molar refractivity (Wildman–Crippen MR) is 76.2 cm³/mol. The van der Waals surface area contributed by atoms with E-state index in [4.69, 9.17) is 5.11 Å². The second-order valence-electron chi connectivity index (χ2n) is 5.62. The summed E-state index contributed by atoms with van der Waals surface area (Å²) in [6.45, 7) is 4.35. The summed E-state index contributed by atoms with van der Waals surface area (Å²) in [5.41, 5.74) is 0.466. The first kappa shape index (κ1) is 13.8. The van der Waals surface area contributed by atoms with Crippen LogP contribution in [-0.4, -0.2) is 49.8 Å². The fraction of sp³-hybridized carbons (Fsp3) is 0.500. The molecular weight excluding hydrogens is 272 g/mol. The first-order chi connectivity index (χ1) is 10.1. The molecule has 3 heterocycles. The summed E-state index contributed by atoms with van der Waals surface area (Å²) in [7, 11) is 0. The molecule has 2 aromatic heterocycles. The number of likely N-dealkylation sites (tertiary alicyclic amines) is 1. The molecular formula is C14H18N4O3. The molecule has 0 radical (unpaired) electrons. The standard InChI is InChI=1S/C14H18N4O3/c1-10-8-16(9-11(10)13(19)20)6-7-18-14(21)17-5-3-2-4-12(17)15-18/h2-5,10-11H,6-9H2,1H3,(H,19,20)/t10-,11-/m1/s1. The minimum Gasteiger partial charge on any atom is -0.481 e. The van der Waals surface area contributed by atoms with Gasteiger partial charge in [-0.3, -0.25) is 9.20 Å². The molecule has 1 saturated heterocycles. The van der Waals surface area contributed by atoms with Crippen LogP contribution in [0.2, 0.25) is 0 Å². The molecule has 1 aliphatic heterocycles. The highest BCUT2D eigenvalue weighted by molar-refractivity contribution is 5.71. The summed E-state index contributed by atoms with van der Waals surface area (Å²) in [6.07, 6.45) is 1.69. The van der Waals surface area contributed by atoms with Crippen molar-refractivity contribution in [2.24, 2.45) is 11.8 Å². The van der Waals surface area contributed by atoms with Gasteiger partial charge in [0.1, 0.15) is 0 Å². The van der Waals surface area contributed by atoms with Crippen molar-refractivity contribution in [2.45, 2.75) is 13.5 Å². The van der Waals surface area contributed by atoms with Gasteiger partial charge in [-0.15, -0.1) is 5.10 Å². The van der Waals surface area contributed by atoms with Gasteiger partial charge in [0.15, 0.2) is 5.65 Å². The zero-order valence-corrected chi connectivity index (χ0v) is 11.8. The Morgan fingerprint density at radius 1 is 1.38 bits per heavy atom. The van der Waals surface area contributed by atoms with Gasteiger partial charge in [-0.2, -0.15) is 0 Å². The van der Waals surface area contributed by atoms with Crippen molar-refractivity contribution in [1.82, 2.24) is 19.1 Å². The first-order valence-electron chi connectivity index (χ1n) is 7.05. The summed E-state index contributed by atoms with van der Waals surface area (Å²) in [6, 6.07) is 5.42. The van der Waals surface area contributed by atoms with Gasteiger partial charge in [-0.25, -0.2) is 9.48 Å². The Kier molecular flexibility index (Phi) is 3.50. The molecule has 3 rings (SSSR count). The van der Waals surface area contributed by atoms with Crippen LogP contribution in [0.1, 0.15) is 6.92 Å². The maximum atomic E-state index is 12.1. The quantitative estimate of drug-likeness (QED) is 0.867. The van der Waals surface area contributed by atoms with Crippen LogP contribution in [-0.2, 0) is 11.3 Å². The second kappa shape index (κ2) is 5.33. The Bertz CT molecular complexity index is 720. The lowest BCUT2D eigenvalue weighted by atomic mass is 9.99. The number of fused-ring (bicyclic) bond motifs is 1. The van der Waals surface area contributed by atoms with Crippen LogP contribution in [0.4, 0.5) is 0 Å². The summed E-state index contributed by atoms with van der Waals surface area (Å²) in [5, 5.41) is 13.4. The van der Waals surface area contributed by atoms with E-state index in [1.54, 1.807) is 18.3 Å². The van der Waals surface area contributed by atoms with Gasteiger partial charge >= 0.3 is 11.7 Å². The Balaban J connectivity index is 1.69. The van der Waals surface area contributed by atoms with Crippen LogP contribution in [0.25, 0.3) is 5.65 Å². The van der Waals surface area contributed by atoms with E-state index >= 15 is 0 Å². The molecule has 112 valence electrons. The third kappa shape index (κ3) is 2.56. The van der Waals surface area contributed by atoms with Crippen molar-refractivity contribution < 1.29 is 9.90 Å². The third-order valence-corrected chi connectivity index (χ3v) is 4.12. The average molecular weight is 290 g/mol. The van der Waals surface area contributed by atoms with E-state index in [-0.39, 0.29) is 17.5 Å². The molecule has 0 bridgehead atoms. The Morgan fingerprint density at radius 2 is 2.19 bits per heavy atom. The van der Waals surface area contributed by atoms with E-state index in [1.165, 1.54) is 9.08 Å². The maximum Gasteiger partial charge on any atom is 0.350 e. The minimum absolute atomic E-state index is 0.139. The smallest absolute Gasteiger partial charge is 0.350 e. The number of aliphatic carboxylic acids is 1. The molecule has 0 aliphatic carbocycles. The molecule has 1 aliphatic rings. The molecule has 0 amide bonds. The summed E-state index contributed by atoms with van der Waals surface area (Å²) in [5.74, 6) is -0.919. The molecule has 2 atom stereocenters. The average Bonchev–Trinajstić information content (AvgIpc) is 2.98. The summed E-state index contributed by atoms with van der Waals surface area (Å²) in [4.78, 5) is 25.3. The van der Waals surface area contributed by atoms with Crippen LogP contribution in [0.3, 0.4) is 0 Å². The highest BCUT2D eigenvalue weighted by Crippen LogP contribution is 2.22. The lowest BCUT2D eigenvalue weighted by molar-refractivity contribution is -0.142. The van der Waals surface area contributed by atoms with Gasteiger partial charge in [0.05, 0.1) is 12.5 Å². The van der Waals surface area contributed by atoms with Crippen LogP contribution >= 0.6 is 0 Å². The van der Waals surface area contributed by atoms with Crippen molar-refractivity contribution in [3.63, 3.8) is 0 Å². The highest BCUT2D eigenvalue weighted by Gasteiger charge is 2.34. The Labute approximate surface area is 121 Å². The first-order valence-corrected chi connectivity index (χ1v) is 7.05. The zero-order chi connectivity index (χ0) is 15.0.